The molecular weight excluding hydrogens is 294 g/mol. The smallest absolute Gasteiger partial charge is 0.269 e. The van der Waals surface area contributed by atoms with E-state index in [9.17, 15) is 10.1 Å². The fourth-order valence-electron chi connectivity index (χ4n) is 2.23. The summed E-state index contributed by atoms with van der Waals surface area (Å²) >= 11 is 0. The Bertz CT molecular complexity index is 813. The predicted octanol–water partition coefficient (Wildman–Crippen LogP) is 3.10. The molecule has 0 aliphatic rings. The van der Waals surface area contributed by atoms with Crippen molar-refractivity contribution in [3.8, 4) is 5.82 Å². The van der Waals surface area contributed by atoms with Gasteiger partial charge in [-0.05, 0) is 30.2 Å². The molecule has 7 nitrogen and oxygen atoms in total. The maximum absolute atomic E-state index is 10.7. The summed E-state index contributed by atoms with van der Waals surface area (Å²) in [6.07, 6.45) is 7.03. The minimum absolute atomic E-state index is 0.0967. The Kier molecular flexibility index (Phi) is 4.01. The molecule has 0 saturated heterocycles. The van der Waals surface area contributed by atoms with E-state index in [1.807, 2.05) is 29.8 Å². The molecule has 3 rings (SSSR count). The minimum atomic E-state index is -0.393. The van der Waals surface area contributed by atoms with E-state index in [1.165, 1.54) is 6.07 Å². The van der Waals surface area contributed by atoms with Gasteiger partial charge in [0.25, 0.3) is 5.69 Å². The van der Waals surface area contributed by atoms with Crippen molar-refractivity contribution in [2.75, 3.05) is 5.32 Å². The largest absolute Gasteiger partial charge is 0.381 e. The van der Waals surface area contributed by atoms with Crippen LogP contribution in [0, 0.1) is 17.0 Å². The Hall–Kier alpha value is -3.22. The number of nitro groups is 1. The first kappa shape index (κ1) is 14.7. The number of non-ortho nitro benzene ring substituents is 1. The van der Waals surface area contributed by atoms with E-state index in [0.717, 1.165) is 22.6 Å². The molecule has 0 spiro atoms. The average Bonchev–Trinajstić information content (AvgIpc) is 3.08. The van der Waals surface area contributed by atoms with Gasteiger partial charge < -0.3 is 5.32 Å². The van der Waals surface area contributed by atoms with Crippen LogP contribution in [0.1, 0.15) is 11.1 Å². The molecule has 0 amide bonds. The highest BCUT2D eigenvalue weighted by atomic mass is 16.6. The van der Waals surface area contributed by atoms with Crippen LogP contribution in [0.2, 0.25) is 0 Å². The number of pyridine rings is 1. The Morgan fingerprint density at radius 1 is 1.30 bits per heavy atom. The Labute approximate surface area is 132 Å². The van der Waals surface area contributed by atoms with Crippen molar-refractivity contribution in [1.29, 1.82) is 0 Å². The van der Waals surface area contributed by atoms with Crippen molar-refractivity contribution in [2.24, 2.45) is 0 Å². The van der Waals surface area contributed by atoms with Crippen LogP contribution in [0.5, 0.6) is 0 Å². The third-order valence-electron chi connectivity index (χ3n) is 3.48. The highest BCUT2D eigenvalue weighted by molar-refractivity contribution is 5.55. The van der Waals surface area contributed by atoms with Crippen molar-refractivity contribution >= 4 is 11.4 Å². The molecule has 1 aromatic carbocycles. The van der Waals surface area contributed by atoms with Gasteiger partial charge in [-0.3, -0.25) is 14.7 Å². The zero-order valence-electron chi connectivity index (χ0n) is 12.5. The SMILES string of the molecule is Cc1cc([N+](=O)[O-])ccc1NCc1ccc(-n2ccnc2)nc1. The van der Waals surface area contributed by atoms with Crippen LogP contribution in [0.4, 0.5) is 11.4 Å². The van der Waals surface area contributed by atoms with E-state index < -0.39 is 4.92 Å². The number of benzene rings is 1. The summed E-state index contributed by atoms with van der Waals surface area (Å²) in [7, 11) is 0. The van der Waals surface area contributed by atoms with Crippen LogP contribution >= 0.6 is 0 Å². The Morgan fingerprint density at radius 2 is 2.17 bits per heavy atom. The fourth-order valence-corrected chi connectivity index (χ4v) is 2.23. The van der Waals surface area contributed by atoms with E-state index in [1.54, 1.807) is 30.9 Å². The van der Waals surface area contributed by atoms with Crippen molar-refractivity contribution < 1.29 is 4.92 Å². The topological polar surface area (TPSA) is 85.9 Å². The Balaban J connectivity index is 1.67. The van der Waals surface area contributed by atoms with Crippen LogP contribution in [0.3, 0.4) is 0 Å². The summed E-state index contributed by atoms with van der Waals surface area (Å²) in [5.41, 5.74) is 2.82. The average molecular weight is 309 g/mol. The number of rotatable bonds is 5. The molecule has 0 atom stereocenters. The molecule has 0 aliphatic carbocycles. The standard InChI is InChI=1S/C16H15N5O2/c1-12-8-14(21(22)23)3-4-15(12)18-9-13-2-5-16(19-10-13)20-7-6-17-11-20/h2-8,10-11,18H,9H2,1H3. The third-order valence-corrected chi connectivity index (χ3v) is 3.48. The number of hydrogen-bond acceptors (Lipinski definition) is 5. The summed E-state index contributed by atoms with van der Waals surface area (Å²) in [6, 6.07) is 8.68. The molecule has 0 saturated carbocycles. The van der Waals surface area contributed by atoms with Gasteiger partial charge in [0, 0.05) is 43.0 Å². The number of aromatic nitrogens is 3. The first-order chi connectivity index (χ1) is 11.1. The summed E-state index contributed by atoms with van der Waals surface area (Å²) in [5, 5.41) is 14.0. The summed E-state index contributed by atoms with van der Waals surface area (Å²) < 4.78 is 1.83. The van der Waals surface area contributed by atoms with Crippen LogP contribution < -0.4 is 5.32 Å². The van der Waals surface area contributed by atoms with Gasteiger partial charge in [0.15, 0.2) is 0 Å². The molecule has 0 fully saturated rings. The second-order valence-corrected chi connectivity index (χ2v) is 5.10. The molecule has 3 aromatic rings. The zero-order valence-corrected chi connectivity index (χ0v) is 12.5. The summed E-state index contributed by atoms with van der Waals surface area (Å²) in [4.78, 5) is 18.7. The number of nitro benzene ring substituents is 1. The van der Waals surface area contributed by atoms with Crippen molar-refractivity contribution in [3.63, 3.8) is 0 Å². The van der Waals surface area contributed by atoms with Gasteiger partial charge in [-0.15, -0.1) is 0 Å². The van der Waals surface area contributed by atoms with Gasteiger partial charge >= 0.3 is 0 Å². The minimum Gasteiger partial charge on any atom is -0.381 e. The van der Waals surface area contributed by atoms with E-state index >= 15 is 0 Å². The van der Waals surface area contributed by atoms with Gasteiger partial charge in [-0.2, -0.15) is 0 Å². The number of anilines is 1. The fraction of sp³-hybridized carbons (Fsp3) is 0.125. The first-order valence-corrected chi connectivity index (χ1v) is 7.05. The first-order valence-electron chi connectivity index (χ1n) is 7.05. The normalized spacial score (nSPS) is 10.5. The molecule has 7 heteroatoms. The molecule has 2 heterocycles. The molecule has 0 bridgehead atoms. The number of nitrogens with zero attached hydrogens (tertiary/aromatic N) is 4. The monoisotopic (exact) mass is 309 g/mol. The second-order valence-electron chi connectivity index (χ2n) is 5.10. The third kappa shape index (κ3) is 3.34. The molecule has 1 N–H and O–H groups in total. The number of imidazole rings is 1. The molecule has 0 unspecified atom stereocenters. The second kappa shape index (κ2) is 6.27. The quantitative estimate of drug-likeness (QED) is 0.578. The summed E-state index contributed by atoms with van der Waals surface area (Å²) in [6.45, 7) is 2.44. The highest BCUT2D eigenvalue weighted by Crippen LogP contribution is 2.21. The van der Waals surface area contributed by atoms with Crippen molar-refractivity contribution in [2.45, 2.75) is 13.5 Å². The maximum Gasteiger partial charge on any atom is 0.269 e. The van der Waals surface area contributed by atoms with Crippen molar-refractivity contribution in [3.05, 3.63) is 76.5 Å². The van der Waals surface area contributed by atoms with Crippen LogP contribution in [-0.4, -0.2) is 19.5 Å². The highest BCUT2D eigenvalue weighted by Gasteiger charge is 2.07. The van der Waals surface area contributed by atoms with Gasteiger partial charge in [0.05, 0.1) is 4.92 Å². The van der Waals surface area contributed by atoms with E-state index in [2.05, 4.69) is 15.3 Å². The van der Waals surface area contributed by atoms with Gasteiger partial charge in [0.1, 0.15) is 12.1 Å². The van der Waals surface area contributed by atoms with Gasteiger partial charge in [-0.1, -0.05) is 6.07 Å². The van der Waals surface area contributed by atoms with Crippen molar-refractivity contribution in [1.82, 2.24) is 14.5 Å². The molecule has 23 heavy (non-hydrogen) atoms. The molecule has 116 valence electrons. The lowest BCUT2D eigenvalue weighted by atomic mass is 10.1. The molecular formula is C16H15N5O2. The lowest BCUT2D eigenvalue weighted by Gasteiger charge is -2.10. The number of hydrogen-bond donors (Lipinski definition) is 1. The molecule has 0 radical (unpaired) electrons. The Morgan fingerprint density at radius 3 is 2.78 bits per heavy atom. The van der Waals surface area contributed by atoms with Gasteiger partial charge in [-0.25, -0.2) is 9.97 Å². The number of aryl methyl sites for hydroxylation is 1. The van der Waals surface area contributed by atoms with E-state index in [4.69, 9.17) is 0 Å². The number of nitrogens with one attached hydrogen (secondary N) is 1. The molecule has 0 aliphatic heterocycles. The predicted molar refractivity (Wildman–Crippen MR) is 86.5 cm³/mol. The van der Waals surface area contributed by atoms with Crippen LogP contribution in [-0.2, 0) is 6.54 Å². The van der Waals surface area contributed by atoms with E-state index in [0.29, 0.717) is 6.54 Å². The summed E-state index contributed by atoms with van der Waals surface area (Å²) in [5.74, 6) is 0.803. The lowest BCUT2D eigenvalue weighted by molar-refractivity contribution is -0.384. The lowest BCUT2D eigenvalue weighted by Crippen LogP contribution is -2.03. The van der Waals surface area contributed by atoms with E-state index in [-0.39, 0.29) is 5.69 Å². The van der Waals surface area contributed by atoms with Gasteiger partial charge in [0.2, 0.25) is 0 Å². The zero-order chi connectivity index (χ0) is 16.2. The van der Waals surface area contributed by atoms with Crippen LogP contribution in [0.15, 0.2) is 55.2 Å². The van der Waals surface area contributed by atoms with Crippen LogP contribution in [0.25, 0.3) is 5.82 Å². The maximum atomic E-state index is 10.7. The molecule has 2 aromatic heterocycles.